The number of amides is 1. The first-order valence-electron chi connectivity index (χ1n) is 11.1. The number of nitrogens with zero attached hydrogens (tertiary/aromatic N) is 6. The predicted molar refractivity (Wildman–Crippen MR) is 123 cm³/mol. The molecule has 11 heteroatoms. The van der Waals surface area contributed by atoms with E-state index in [4.69, 9.17) is 4.98 Å². The highest BCUT2D eigenvalue weighted by Gasteiger charge is 2.64. The fourth-order valence-corrected chi connectivity index (χ4v) is 5.67. The fraction of sp³-hybridized carbons (Fsp3) is 0.348. The Bertz CT molecular complexity index is 1430. The van der Waals surface area contributed by atoms with Crippen molar-refractivity contribution in [2.24, 2.45) is 5.92 Å². The van der Waals surface area contributed by atoms with Crippen LogP contribution in [0, 0.1) is 17.6 Å². The lowest BCUT2D eigenvalue weighted by atomic mass is 10.0. The summed E-state index contributed by atoms with van der Waals surface area (Å²) in [7, 11) is 0. The van der Waals surface area contributed by atoms with Crippen molar-refractivity contribution in [3.05, 3.63) is 63.9 Å². The highest BCUT2D eigenvalue weighted by atomic mass is 32.1. The van der Waals surface area contributed by atoms with E-state index in [9.17, 15) is 13.6 Å². The first-order chi connectivity index (χ1) is 16.4. The van der Waals surface area contributed by atoms with E-state index >= 15 is 0 Å². The quantitative estimate of drug-likeness (QED) is 0.456. The molecule has 1 N–H and O–H groups in total. The molecule has 34 heavy (non-hydrogen) atoms. The zero-order valence-electron chi connectivity index (χ0n) is 18.5. The van der Waals surface area contributed by atoms with Gasteiger partial charge in [-0.15, -0.1) is 10.2 Å². The monoisotopic (exact) mass is 481 g/mol. The van der Waals surface area contributed by atoms with E-state index in [0.717, 1.165) is 23.9 Å². The molecule has 2 fully saturated rings. The van der Waals surface area contributed by atoms with Crippen LogP contribution in [0.1, 0.15) is 53.0 Å². The van der Waals surface area contributed by atoms with Gasteiger partial charge in [0.2, 0.25) is 5.01 Å². The summed E-state index contributed by atoms with van der Waals surface area (Å²) in [6.07, 6.45) is 4.90. The lowest BCUT2D eigenvalue weighted by molar-refractivity contribution is 0.102. The Labute approximate surface area is 197 Å². The number of halogens is 2. The van der Waals surface area contributed by atoms with Crippen LogP contribution < -0.4 is 10.2 Å². The van der Waals surface area contributed by atoms with Crippen LogP contribution in [-0.4, -0.2) is 37.2 Å². The highest BCUT2D eigenvalue weighted by Crippen LogP contribution is 2.63. The van der Waals surface area contributed by atoms with E-state index < -0.39 is 17.2 Å². The minimum absolute atomic E-state index is 0.183. The first-order valence-corrected chi connectivity index (χ1v) is 11.9. The highest BCUT2D eigenvalue weighted by molar-refractivity contribution is 7.13. The number of carbonyl (C=O) groups is 1. The van der Waals surface area contributed by atoms with Crippen molar-refractivity contribution in [2.45, 2.75) is 38.1 Å². The number of aromatic nitrogens is 5. The van der Waals surface area contributed by atoms with Crippen LogP contribution in [0.2, 0.25) is 0 Å². The number of benzene rings is 1. The third kappa shape index (κ3) is 3.17. The molecule has 1 aromatic carbocycles. The lowest BCUT2D eigenvalue weighted by Gasteiger charge is -2.30. The molecule has 1 amide bonds. The second-order valence-electron chi connectivity index (χ2n) is 9.06. The number of hydrogen-bond donors (Lipinski definition) is 1. The maximum absolute atomic E-state index is 14.7. The van der Waals surface area contributed by atoms with Crippen LogP contribution in [0.3, 0.4) is 0 Å². The van der Waals surface area contributed by atoms with Gasteiger partial charge in [0.15, 0.2) is 5.65 Å². The van der Waals surface area contributed by atoms with Crippen molar-refractivity contribution in [3.63, 3.8) is 0 Å². The molecule has 174 valence electrons. The summed E-state index contributed by atoms with van der Waals surface area (Å²) in [4.78, 5) is 19.6. The van der Waals surface area contributed by atoms with Crippen molar-refractivity contribution < 1.29 is 13.6 Å². The van der Waals surface area contributed by atoms with Crippen molar-refractivity contribution in [1.29, 1.82) is 0 Å². The second-order valence-corrected chi connectivity index (χ2v) is 10.1. The molecule has 4 aromatic rings. The molecule has 4 heterocycles. The van der Waals surface area contributed by atoms with Gasteiger partial charge in [0.25, 0.3) is 5.91 Å². The van der Waals surface area contributed by atoms with Gasteiger partial charge in [0, 0.05) is 24.2 Å². The maximum Gasteiger partial charge on any atom is 0.286 e. The Balaban J connectivity index is 1.33. The van der Waals surface area contributed by atoms with Crippen molar-refractivity contribution in [3.8, 4) is 0 Å². The Hall–Kier alpha value is -3.47. The normalized spacial score (nSPS) is 21.3. The molecule has 0 bridgehead atoms. The number of carbonyl (C=O) groups excluding carboxylic acids is 1. The molecule has 1 saturated carbocycles. The topological polar surface area (TPSA) is 88.3 Å². The summed E-state index contributed by atoms with van der Waals surface area (Å²) in [6, 6.07) is 5.43. The van der Waals surface area contributed by atoms with E-state index in [1.807, 2.05) is 24.8 Å². The Kier molecular flexibility index (Phi) is 4.67. The zero-order chi connectivity index (χ0) is 23.6. The van der Waals surface area contributed by atoms with Crippen LogP contribution in [0.4, 0.5) is 20.3 Å². The summed E-state index contributed by atoms with van der Waals surface area (Å²) < 4.78 is 30.3. The molecule has 1 saturated heterocycles. The standard InChI is InChI=1S/C23H21F2N7OS/c1-12(2)21-29-30-22(34-21)20(33)27-17-11-26-32-8-6-18(28-19(17)32)31-7-5-13-10-23(13,31)15-9-14(24)3-4-16(15)25/h3-4,6,8-9,11-13H,5,7,10H2,1-2H3,(H,27,33)/t13-,23+/m0/s1. The van der Waals surface area contributed by atoms with Crippen LogP contribution in [0.25, 0.3) is 5.65 Å². The maximum atomic E-state index is 14.7. The third-order valence-electron chi connectivity index (χ3n) is 6.66. The number of rotatable bonds is 5. The third-order valence-corrected chi connectivity index (χ3v) is 7.88. The Morgan fingerprint density at radius 2 is 2.12 bits per heavy atom. The number of fused-ring (bicyclic) bond motifs is 2. The number of piperidine rings is 1. The summed E-state index contributed by atoms with van der Waals surface area (Å²) in [6.45, 7) is 4.66. The molecular weight excluding hydrogens is 460 g/mol. The van der Waals surface area contributed by atoms with Gasteiger partial charge in [0.05, 0.1) is 11.7 Å². The molecule has 1 aliphatic carbocycles. The van der Waals surface area contributed by atoms with E-state index in [0.29, 0.717) is 29.3 Å². The minimum Gasteiger partial charge on any atom is -0.346 e. The second kappa shape index (κ2) is 7.52. The number of nitrogens with one attached hydrogen (secondary N) is 1. The summed E-state index contributed by atoms with van der Waals surface area (Å²) in [5, 5.41) is 16.2. The minimum atomic E-state index is -0.596. The first kappa shape index (κ1) is 21.1. The average Bonchev–Trinajstić information content (AvgIpc) is 3.19. The van der Waals surface area contributed by atoms with Crippen molar-refractivity contribution >= 4 is 34.4 Å². The van der Waals surface area contributed by atoms with Gasteiger partial charge in [0.1, 0.15) is 28.1 Å². The van der Waals surface area contributed by atoms with E-state index in [-0.39, 0.29) is 22.8 Å². The predicted octanol–water partition coefficient (Wildman–Crippen LogP) is 4.36. The molecule has 0 spiro atoms. The molecule has 1 aliphatic heterocycles. The van der Waals surface area contributed by atoms with Crippen molar-refractivity contribution in [1.82, 2.24) is 24.8 Å². The van der Waals surface area contributed by atoms with Gasteiger partial charge in [-0.2, -0.15) is 5.10 Å². The van der Waals surface area contributed by atoms with Crippen molar-refractivity contribution in [2.75, 3.05) is 16.8 Å². The molecule has 3 aromatic heterocycles. The van der Waals surface area contributed by atoms with Gasteiger partial charge in [-0.05, 0) is 43.0 Å². The van der Waals surface area contributed by atoms with E-state index in [1.54, 1.807) is 10.7 Å². The largest absolute Gasteiger partial charge is 0.346 e. The average molecular weight is 482 g/mol. The summed E-state index contributed by atoms with van der Waals surface area (Å²) >= 11 is 1.25. The molecule has 0 radical (unpaired) electrons. The molecule has 6 rings (SSSR count). The smallest absolute Gasteiger partial charge is 0.286 e. The number of hydrogen-bond acceptors (Lipinski definition) is 7. The fourth-order valence-electron chi connectivity index (χ4n) is 4.93. The van der Waals surface area contributed by atoms with Gasteiger partial charge in [-0.25, -0.2) is 18.3 Å². The Morgan fingerprint density at radius 1 is 1.26 bits per heavy atom. The van der Waals surface area contributed by atoms with Crippen LogP contribution in [0.15, 0.2) is 36.7 Å². The summed E-state index contributed by atoms with van der Waals surface area (Å²) in [5.41, 5.74) is 0.667. The zero-order valence-corrected chi connectivity index (χ0v) is 19.3. The lowest BCUT2D eigenvalue weighted by Crippen LogP contribution is -2.34. The van der Waals surface area contributed by atoms with E-state index in [1.165, 1.54) is 29.7 Å². The van der Waals surface area contributed by atoms with Crippen LogP contribution in [0.5, 0.6) is 0 Å². The van der Waals surface area contributed by atoms with Gasteiger partial charge >= 0.3 is 0 Å². The van der Waals surface area contributed by atoms with Gasteiger partial charge in [-0.1, -0.05) is 25.2 Å². The van der Waals surface area contributed by atoms with Crippen LogP contribution >= 0.6 is 11.3 Å². The number of anilines is 2. The van der Waals surface area contributed by atoms with Gasteiger partial charge in [-0.3, -0.25) is 4.79 Å². The van der Waals surface area contributed by atoms with E-state index in [2.05, 4.69) is 20.6 Å². The molecule has 8 nitrogen and oxygen atoms in total. The molecular formula is C23H21F2N7OS. The molecule has 2 aliphatic rings. The van der Waals surface area contributed by atoms with Gasteiger partial charge < -0.3 is 10.2 Å². The molecule has 2 atom stereocenters. The van der Waals surface area contributed by atoms with Crippen LogP contribution in [-0.2, 0) is 5.54 Å². The summed E-state index contributed by atoms with van der Waals surface area (Å²) in [5.74, 6) is -0.184. The molecule has 0 unspecified atom stereocenters. The Morgan fingerprint density at radius 3 is 2.88 bits per heavy atom. The SMILES string of the molecule is CC(C)c1nnc(C(=O)Nc2cnn3ccc(N4CC[C@H]5C[C@]54c4cc(F)ccc4F)nc23)s1.